The molecule has 0 radical (unpaired) electrons. The summed E-state index contributed by atoms with van der Waals surface area (Å²) in [4.78, 5) is 22.7. The zero-order valence-corrected chi connectivity index (χ0v) is 14.8. The molecule has 4 heterocycles. The second-order valence-corrected chi connectivity index (χ2v) is 6.51. The summed E-state index contributed by atoms with van der Waals surface area (Å²) in [6.07, 6.45) is 8.44. The minimum atomic E-state index is 0.00378. The maximum absolute atomic E-state index is 12.4. The predicted molar refractivity (Wildman–Crippen MR) is 103 cm³/mol. The molecule has 4 rings (SSSR count). The fourth-order valence-electron chi connectivity index (χ4n) is 3.21. The molecule has 0 saturated carbocycles. The Morgan fingerprint density at radius 2 is 1.74 bits per heavy atom. The van der Waals surface area contributed by atoms with Gasteiger partial charge in [0.2, 0.25) is 5.91 Å². The van der Waals surface area contributed by atoms with Gasteiger partial charge in [0.25, 0.3) is 0 Å². The van der Waals surface area contributed by atoms with Gasteiger partial charge in [0.05, 0.1) is 17.6 Å². The van der Waals surface area contributed by atoms with Gasteiger partial charge in [0, 0.05) is 43.2 Å². The van der Waals surface area contributed by atoms with Gasteiger partial charge in [-0.2, -0.15) is 0 Å². The van der Waals surface area contributed by atoms with E-state index in [1.165, 1.54) is 0 Å². The molecule has 7 heteroatoms. The smallest absolute Gasteiger partial charge is 0.227 e. The van der Waals surface area contributed by atoms with Crippen molar-refractivity contribution in [1.29, 1.82) is 0 Å². The molecule has 0 unspecified atom stereocenters. The summed E-state index contributed by atoms with van der Waals surface area (Å²) in [5, 5.41) is 11.6. The molecule has 3 aromatic heterocycles. The number of pyridine rings is 2. The van der Waals surface area contributed by atoms with Crippen molar-refractivity contribution in [2.75, 3.05) is 23.3 Å². The SMILES string of the molecule is O=C(Nc1cccnc1)C1CCN(c2ccc(-c3cccnc3)nn2)CC1. The summed E-state index contributed by atoms with van der Waals surface area (Å²) in [6.45, 7) is 1.57. The molecule has 0 aliphatic carbocycles. The molecule has 1 N–H and O–H groups in total. The predicted octanol–water partition coefficient (Wildman–Crippen LogP) is 2.79. The summed E-state index contributed by atoms with van der Waals surface area (Å²) in [6, 6.07) is 11.4. The summed E-state index contributed by atoms with van der Waals surface area (Å²) >= 11 is 0. The second kappa shape index (κ2) is 7.90. The Labute approximate surface area is 157 Å². The van der Waals surface area contributed by atoms with Crippen molar-refractivity contribution < 1.29 is 4.79 Å². The number of hydrogen-bond donors (Lipinski definition) is 1. The van der Waals surface area contributed by atoms with Gasteiger partial charge in [-0.1, -0.05) is 0 Å². The van der Waals surface area contributed by atoms with E-state index in [1.54, 1.807) is 24.8 Å². The van der Waals surface area contributed by atoms with Crippen molar-refractivity contribution in [3.05, 3.63) is 61.2 Å². The van der Waals surface area contributed by atoms with E-state index in [0.717, 1.165) is 48.7 Å². The highest BCUT2D eigenvalue weighted by atomic mass is 16.1. The largest absolute Gasteiger partial charge is 0.355 e. The Morgan fingerprint density at radius 3 is 2.37 bits per heavy atom. The first-order valence-electron chi connectivity index (χ1n) is 8.99. The standard InChI is InChI=1S/C20H20N6O/c27-20(23-17-4-2-10-22-14-17)15-7-11-26(12-8-15)19-6-5-18(24-25-19)16-3-1-9-21-13-16/h1-6,9-10,13-15H,7-8,11-12H2,(H,23,27). The van der Waals surface area contributed by atoms with Gasteiger partial charge < -0.3 is 10.2 Å². The van der Waals surface area contributed by atoms with Crippen LogP contribution in [0.1, 0.15) is 12.8 Å². The number of carbonyl (C=O) groups excluding carboxylic acids is 1. The summed E-state index contributed by atoms with van der Waals surface area (Å²) in [5.41, 5.74) is 2.49. The van der Waals surface area contributed by atoms with E-state index in [-0.39, 0.29) is 11.8 Å². The van der Waals surface area contributed by atoms with E-state index in [9.17, 15) is 4.79 Å². The third kappa shape index (κ3) is 4.08. The molecule has 0 aromatic carbocycles. The van der Waals surface area contributed by atoms with Gasteiger partial charge in [-0.25, -0.2) is 0 Å². The molecule has 136 valence electrons. The lowest BCUT2D eigenvalue weighted by atomic mass is 9.96. The fraction of sp³-hybridized carbons (Fsp3) is 0.250. The van der Waals surface area contributed by atoms with Crippen LogP contribution in [0.4, 0.5) is 11.5 Å². The average Bonchev–Trinajstić information content (AvgIpc) is 2.75. The fourth-order valence-corrected chi connectivity index (χ4v) is 3.21. The molecule has 1 saturated heterocycles. The monoisotopic (exact) mass is 360 g/mol. The van der Waals surface area contributed by atoms with Gasteiger partial charge >= 0.3 is 0 Å². The number of aromatic nitrogens is 4. The first kappa shape index (κ1) is 17.1. The zero-order valence-electron chi connectivity index (χ0n) is 14.8. The molecule has 1 aliphatic rings. The minimum Gasteiger partial charge on any atom is -0.355 e. The van der Waals surface area contributed by atoms with Crippen LogP contribution in [0.2, 0.25) is 0 Å². The van der Waals surface area contributed by atoms with Crippen molar-refractivity contribution in [1.82, 2.24) is 20.2 Å². The van der Waals surface area contributed by atoms with E-state index in [1.807, 2.05) is 36.4 Å². The van der Waals surface area contributed by atoms with Crippen LogP contribution in [0.3, 0.4) is 0 Å². The third-order valence-corrected chi connectivity index (χ3v) is 4.73. The number of piperidine rings is 1. The van der Waals surface area contributed by atoms with E-state index < -0.39 is 0 Å². The number of carbonyl (C=O) groups is 1. The first-order valence-corrected chi connectivity index (χ1v) is 8.99. The molecule has 1 aliphatic heterocycles. The zero-order chi connectivity index (χ0) is 18.5. The molecular formula is C20H20N6O. The molecule has 0 spiro atoms. The summed E-state index contributed by atoms with van der Waals surface area (Å²) in [7, 11) is 0. The molecule has 0 atom stereocenters. The molecule has 27 heavy (non-hydrogen) atoms. The van der Waals surface area contributed by atoms with E-state index in [0.29, 0.717) is 0 Å². The van der Waals surface area contributed by atoms with E-state index >= 15 is 0 Å². The maximum atomic E-state index is 12.4. The highest BCUT2D eigenvalue weighted by Gasteiger charge is 2.25. The maximum Gasteiger partial charge on any atom is 0.227 e. The van der Waals surface area contributed by atoms with Crippen molar-refractivity contribution in [2.24, 2.45) is 5.92 Å². The summed E-state index contributed by atoms with van der Waals surface area (Å²) < 4.78 is 0. The van der Waals surface area contributed by atoms with Crippen molar-refractivity contribution in [3.8, 4) is 11.3 Å². The van der Waals surface area contributed by atoms with Crippen molar-refractivity contribution in [3.63, 3.8) is 0 Å². The Balaban J connectivity index is 1.34. The van der Waals surface area contributed by atoms with Crippen LogP contribution < -0.4 is 10.2 Å². The van der Waals surface area contributed by atoms with Crippen LogP contribution in [0.15, 0.2) is 61.2 Å². The van der Waals surface area contributed by atoms with Crippen LogP contribution in [-0.2, 0) is 4.79 Å². The Kier molecular flexibility index (Phi) is 5.00. The second-order valence-electron chi connectivity index (χ2n) is 6.51. The Morgan fingerprint density at radius 1 is 0.963 bits per heavy atom. The van der Waals surface area contributed by atoms with Crippen molar-refractivity contribution >= 4 is 17.4 Å². The normalized spacial score (nSPS) is 14.7. The summed E-state index contributed by atoms with van der Waals surface area (Å²) in [5.74, 6) is 0.901. The number of anilines is 2. The van der Waals surface area contributed by atoms with Crippen LogP contribution in [0.25, 0.3) is 11.3 Å². The minimum absolute atomic E-state index is 0.00378. The molecule has 0 bridgehead atoms. The van der Waals surface area contributed by atoms with E-state index in [4.69, 9.17) is 0 Å². The quantitative estimate of drug-likeness (QED) is 0.770. The van der Waals surface area contributed by atoms with Gasteiger partial charge in [-0.05, 0) is 49.2 Å². The number of amides is 1. The topological polar surface area (TPSA) is 83.9 Å². The lowest BCUT2D eigenvalue weighted by Crippen LogP contribution is -2.38. The van der Waals surface area contributed by atoms with Crippen molar-refractivity contribution in [2.45, 2.75) is 12.8 Å². The lowest BCUT2D eigenvalue weighted by molar-refractivity contribution is -0.120. The Bertz CT molecular complexity index is 877. The Hall–Kier alpha value is -3.35. The number of nitrogens with one attached hydrogen (secondary N) is 1. The average molecular weight is 360 g/mol. The van der Waals surface area contributed by atoms with Gasteiger partial charge in [-0.3, -0.25) is 14.8 Å². The van der Waals surface area contributed by atoms with Gasteiger partial charge in [0.1, 0.15) is 0 Å². The van der Waals surface area contributed by atoms with E-state index in [2.05, 4.69) is 30.4 Å². The molecular weight excluding hydrogens is 340 g/mol. The number of rotatable bonds is 4. The molecule has 3 aromatic rings. The van der Waals surface area contributed by atoms with Crippen LogP contribution in [0.5, 0.6) is 0 Å². The highest BCUT2D eigenvalue weighted by Crippen LogP contribution is 2.24. The highest BCUT2D eigenvalue weighted by molar-refractivity contribution is 5.92. The molecule has 7 nitrogen and oxygen atoms in total. The molecule has 1 fully saturated rings. The van der Waals surface area contributed by atoms with Crippen LogP contribution >= 0.6 is 0 Å². The van der Waals surface area contributed by atoms with Crippen LogP contribution in [-0.4, -0.2) is 39.2 Å². The third-order valence-electron chi connectivity index (χ3n) is 4.73. The first-order chi connectivity index (χ1) is 13.3. The number of hydrogen-bond acceptors (Lipinski definition) is 6. The molecule has 1 amide bonds. The van der Waals surface area contributed by atoms with Crippen LogP contribution in [0, 0.1) is 5.92 Å². The number of nitrogens with zero attached hydrogens (tertiary/aromatic N) is 5. The lowest BCUT2D eigenvalue weighted by Gasteiger charge is -2.31. The van der Waals surface area contributed by atoms with Gasteiger partial charge in [-0.15, -0.1) is 10.2 Å². The van der Waals surface area contributed by atoms with Gasteiger partial charge in [0.15, 0.2) is 5.82 Å².